The van der Waals surface area contributed by atoms with Gasteiger partial charge in [-0.2, -0.15) is 0 Å². The molecule has 0 amide bonds. The number of hydrogen-bond acceptors (Lipinski definition) is 4. The van der Waals surface area contributed by atoms with Crippen molar-refractivity contribution in [2.75, 3.05) is 25.1 Å². The summed E-state index contributed by atoms with van der Waals surface area (Å²) in [5, 5.41) is 5.71. The van der Waals surface area contributed by atoms with E-state index in [1.807, 2.05) is 24.4 Å². The van der Waals surface area contributed by atoms with Crippen LogP contribution in [-0.4, -0.2) is 24.7 Å². The lowest BCUT2D eigenvalue weighted by atomic mass is 10.1. The van der Waals surface area contributed by atoms with Crippen molar-refractivity contribution in [3.63, 3.8) is 0 Å². The summed E-state index contributed by atoms with van der Waals surface area (Å²) >= 11 is 0. The summed E-state index contributed by atoms with van der Waals surface area (Å²) in [6, 6.07) is 6.10. The number of nitrogens with one attached hydrogen (secondary N) is 1. The zero-order valence-electron chi connectivity index (χ0n) is 12.1. The van der Waals surface area contributed by atoms with Crippen molar-refractivity contribution in [2.45, 2.75) is 25.7 Å². The van der Waals surface area contributed by atoms with Crippen LogP contribution in [0.15, 0.2) is 24.4 Å². The molecule has 2 aromatic rings. The highest BCUT2D eigenvalue weighted by atomic mass is 16.6. The summed E-state index contributed by atoms with van der Waals surface area (Å²) in [5.41, 5.74) is 0. The molecule has 0 atom stereocenters. The van der Waals surface area contributed by atoms with Gasteiger partial charge >= 0.3 is 0 Å². The summed E-state index contributed by atoms with van der Waals surface area (Å²) < 4.78 is 11.3. The molecule has 2 aliphatic rings. The Hall–Kier alpha value is -1.97. The summed E-state index contributed by atoms with van der Waals surface area (Å²) in [6.07, 6.45) is 7.25. The first-order chi connectivity index (χ1) is 10.4. The summed E-state index contributed by atoms with van der Waals surface area (Å²) in [4.78, 5) is 4.48. The second-order valence-corrected chi connectivity index (χ2v) is 5.89. The van der Waals surface area contributed by atoms with Crippen LogP contribution in [0.3, 0.4) is 0 Å². The van der Waals surface area contributed by atoms with Crippen LogP contribution in [0.25, 0.3) is 10.8 Å². The Kier molecular flexibility index (Phi) is 3.30. The maximum absolute atomic E-state index is 5.67. The van der Waals surface area contributed by atoms with Crippen molar-refractivity contribution in [2.24, 2.45) is 5.92 Å². The molecule has 4 nitrogen and oxygen atoms in total. The predicted molar refractivity (Wildman–Crippen MR) is 83.2 cm³/mol. The standard InChI is InChI=1S/C17H20N2O2/c1(2-12-3-4-12)6-18-17-14-11-16-15(20-8-9-21-16)10-13(14)5-7-19-17/h5,7,10-12H,1-4,6,8-9H2,(H,18,19). The van der Waals surface area contributed by atoms with E-state index in [2.05, 4.69) is 10.3 Å². The SMILES string of the molecule is c1cc2cc3c(cc2c(NCCCC2CC2)n1)OCCO3. The molecule has 1 aliphatic carbocycles. The molecule has 1 aromatic carbocycles. The van der Waals surface area contributed by atoms with Gasteiger partial charge in [-0.05, 0) is 42.3 Å². The first-order valence-corrected chi connectivity index (χ1v) is 7.82. The van der Waals surface area contributed by atoms with E-state index in [0.717, 1.165) is 40.6 Å². The van der Waals surface area contributed by atoms with E-state index >= 15 is 0 Å². The third-order valence-corrected chi connectivity index (χ3v) is 4.21. The molecule has 110 valence electrons. The third kappa shape index (κ3) is 2.75. The lowest BCUT2D eigenvalue weighted by Gasteiger charge is -2.19. The van der Waals surface area contributed by atoms with Gasteiger partial charge in [0.2, 0.25) is 0 Å². The highest BCUT2D eigenvalue weighted by molar-refractivity contribution is 5.94. The highest BCUT2D eigenvalue weighted by Crippen LogP contribution is 2.37. The monoisotopic (exact) mass is 284 g/mol. The van der Waals surface area contributed by atoms with Gasteiger partial charge in [-0.3, -0.25) is 0 Å². The van der Waals surface area contributed by atoms with Crippen LogP contribution < -0.4 is 14.8 Å². The van der Waals surface area contributed by atoms with Gasteiger partial charge < -0.3 is 14.8 Å². The van der Waals surface area contributed by atoms with Crippen molar-refractivity contribution in [1.82, 2.24) is 4.98 Å². The third-order valence-electron chi connectivity index (χ3n) is 4.21. The van der Waals surface area contributed by atoms with Gasteiger partial charge in [0.15, 0.2) is 11.5 Å². The zero-order chi connectivity index (χ0) is 14.1. The maximum Gasteiger partial charge on any atom is 0.162 e. The Morgan fingerprint density at radius 1 is 1.14 bits per heavy atom. The second kappa shape index (κ2) is 5.43. The Balaban J connectivity index is 1.55. The van der Waals surface area contributed by atoms with Crippen molar-refractivity contribution in [3.8, 4) is 11.5 Å². The highest BCUT2D eigenvalue weighted by Gasteiger charge is 2.20. The van der Waals surface area contributed by atoms with Crippen molar-refractivity contribution in [3.05, 3.63) is 24.4 Å². The Morgan fingerprint density at radius 2 is 1.95 bits per heavy atom. The van der Waals surface area contributed by atoms with Gasteiger partial charge in [0.05, 0.1) is 0 Å². The van der Waals surface area contributed by atoms with Crippen LogP contribution in [0.2, 0.25) is 0 Å². The summed E-state index contributed by atoms with van der Waals surface area (Å²) in [6.45, 7) is 2.22. The number of nitrogens with zero attached hydrogens (tertiary/aromatic N) is 1. The molecule has 21 heavy (non-hydrogen) atoms. The van der Waals surface area contributed by atoms with Crippen LogP contribution in [0, 0.1) is 5.92 Å². The van der Waals surface area contributed by atoms with Gasteiger partial charge in [-0.25, -0.2) is 4.98 Å². The van der Waals surface area contributed by atoms with Gasteiger partial charge in [0.25, 0.3) is 0 Å². The lowest BCUT2D eigenvalue weighted by molar-refractivity contribution is 0.172. The van der Waals surface area contributed by atoms with Gasteiger partial charge in [-0.1, -0.05) is 12.8 Å². The molecule has 1 N–H and O–H groups in total. The van der Waals surface area contributed by atoms with Crippen molar-refractivity contribution in [1.29, 1.82) is 0 Å². The van der Waals surface area contributed by atoms with Crippen molar-refractivity contribution >= 4 is 16.6 Å². The zero-order valence-corrected chi connectivity index (χ0v) is 12.1. The molecule has 1 aliphatic heterocycles. The molecule has 1 aromatic heterocycles. The number of rotatable bonds is 5. The number of aromatic nitrogens is 1. The van der Waals surface area contributed by atoms with E-state index in [-0.39, 0.29) is 0 Å². The number of benzene rings is 1. The van der Waals surface area contributed by atoms with E-state index in [9.17, 15) is 0 Å². The van der Waals surface area contributed by atoms with E-state index in [1.54, 1.807) is 0 Å². The normalized spacial score (nSPS) is 17.0. The summed E-state index contributed by atoms with van der Waals surface area (Å²) in [5.74, 6) is 3.59. The number of hydrogen-bond donors (Lipinski definition) is 1. The fourth-order valence-electron chi connectivity index (χ4n) is 2.85. The molecule has 0 saturated heterocycles. The van der Waals surface area contributed by atoms with E-state index in [4.69, 9.17) is 9.47 Å². The molecule has 0 bridgehead atoms. The number of anilines is 1. The lowest BCUT2D eigenvalue weighted by Crippen LogP contribution is -2.15. The molecule has 0 radical (unpaired) electrons. The average molecular weight is 284 g/mol. The molecule has 4 rings (SSSR count). The fraction of sp³-hybridized carbons (Fsp3) is 0.471. The number of ether oxygens (including phenoxy) is 2. The van der Waals surface area contributed by atoms with Crippen LogP contribution in [-0.2, 0) is 0 Å². The number of fused-ring (bicyclic) bond motifs is 2. The number of pyridine rings is 1. The molecule has 2 heterocycles. The molecule has 4 heteroatoms. The van der Waals surface area contributed by atoms with E-state index in [1.165, 1.54) is 25.7 Å². The van der Waals surface area contributed by atoms with E-state index < -0.39 is 0 Å². The van der Waals surface area contributed by atoms with Crippen LogP contribution in [0.1, 0.15) is 25.7 Å². The van der Waals surface area contributed by atoms with Crippen molar-refractivity contribution < 1.29 is 9.47 Å². The smallest absolute Gasteiger partial charge is 0.162 e. The summed E-state index contributed by atoms with van der Waals surface area (Å²) in [7, 11) is 0. The van der Waals surface area contributed by atoms with Crippen LogP contribution >= 0.6 is 0 Å². The van der Waals surface area contributed by atoms with Gasteiger partial charge in [-0.15, -0.1) is 0 Å². The molecule has 0 spiro atoms. The topological polar surface area (TPSA) is 43.4 Å². The minimum atomic E-state index is 0.614. The molecule has 1 saturated carbocycles. The maximum atomic E-state index is 5.67. The largest absolute Gasteiger partial charge is 0.486 e. The van der Waals surface area contributed by atoms with E-state index in [0.29, 0.717) is 13.2 Å². The second-order valence-electron chi connectivity index (χ2n) is 5.89. The molecule has 1 fully saturated rings. The first-order valence-electron chi connectivity index (χ1n) is 7.82. The minimum absolute atomic E-state index is 0.614. The molecular weight excluding hydrogens is 264 g/mol. The molecule has 0 unspecified atom stereocenters. The van der Waals surface area contributed by atoms with Crippen LogP contribution in [0.4, 0.5) is 5.82 Å². The Morgan fingerprint density at radius 3 is 2.76 bits per heavy atom. The Labute approximate surface area is 124 Å². The van der Waals surface area contributed by atoms with Gasteiger partial charge in [0.1, 0.15) is 19.0 Å². The fourth-order valence-corrected chi connectivity index (χ4v) is 2.85. The van der Waals surface area contributed by atoms with Crippen LogP contribution in [0.5, 0.6) is 11.5 Å². The average Bonchev–Trinajstić information content (AvgIpc) is 3.34. The quantitative estimate of drug-likeness (QED) is 0.852. The molecular formula is C17H20N2O2. The predicted octanol–water partition coefficient (Wildman–Crippen LogP) is 3.61. The van der Waals surface area contributed by atoms with Gasteiger partial charge in [0, 0.05) is 18.1 Å². The minimum Gasteiger partial charge on any atom is -0.486 e. The first kappa shape index (κ1) is 12.7. The Bertz CT molecular complexity index is 653.